The van der Waals surface area contributed by atoms with E-state index in [2.05, 4.69) is 6.07 Å². The Labute approximate surface area is 149 Å². The van der Waals surface area contributed by atoms with Crippen molar-refractivity contribution in [1.29, 1.82) is 5.26 Å². The smallest absolute Gasteiger partial charge is 0.307 e. The Hall–Kier alpha value is -2.35. The molecule has 0 atom stereocenters. The van der Waals surface area contributed by atoms with Crippen LogP contribution in [0.15, 0.2) is 30.3 Å². The number of rotatable bonds is 9. The minimum atomic E-state index is -1.29. The van der Waals surface area contributed by atoms with E-state index in [1.165, 1.54) is 0 Å². The van der Waals surface area contributed by atoms with Crippen molar-refractivity contribution >= 4 is 11.9 Å². The van der Waals surface area contributed by atoms with E-state index >= 15 is 0 Å². The van der Waals surface area contributed by atoms with Crippen LogP contribution in [0.4, 0.5) is 0 Å². The highest BCUT2D eigenvalue weighted by molar-refractivity contribution is 5.77. The summed E-state index contributed by atoms with van der Waals surface area (Å²) in [6, 6.07) is 11.0. The van der Waals surface area contributed by atoms with Gasteiger partial charge < -0.3 is 9.47 Å². The summed E-state index contributed by atoms with van der Waals surface area (Å²) in [6.45, 7) is 8.31. The van der Waals surface area contributed by atoms with Crippen LogP contribution in [0, 0.1) is 23.2 Å². The van der Waals surface area contributed by atoms with E-state index < -0.39 is 17.4 Å². The van der Waals surface area contributed by atoms with E-state index in [1.54, 1.807) is 24.3 Å². The number of nitrogens with zero attached hydrogens (tertiary/aromatic N) is 1. The van der Waals surface area contributed by atoms with Gasteiger partial charge >= 0.3 is 11.9 Å². The van der Waals surface area contributed by atoms with Crippen LogP contribution >= 0.6 is 0 Å². The van der Waals surface area contributed by atoms with Crippen molar-refractivity contribution in [2.45, 2.75) is 46.0 Å². The number of nitriles is 1. The Morgan fingerprint density at radius 1 is 0.960 bits per heavy atom. The largest absolute Gasteiger partial charge is 0.465 e. The summed E-state index contributed by atoms with van der Waals surface area (Å²) in [4.78, 5) is 24.4. The van der Waals surface area contributed by atoms with Crippen molar-refractivity contribution in [1.82, 2.24) is 0 Å². The number of hydrogen-bond acceptors (Lipinski definition) is 5. The van der Waals surface area contributed by atoms with E-state index in [0.717, 1.165) is 0 Å². The predicted molar refractivity (Wildman–Crippen MR) is 94.6 cm³/mol. The first-order valence-corrected chi connectivity index (χ1v) is 8.57. The molecule has 5 heteroatoms. The van der Waals surface area contributed by atoms with Gasteiger partial charge in [-0.05, 0) is 17.4 Å². The third kappa shape index (κ3) is 6.96. The summed E-state index contributed by atoms with van der Waals surface area (Å²) in [5, 5.41) is 9.82. The second-order valence-electron chi connectivity index (χ2n) is 7.07. The monoisotopic (exact) mass is 345 g/mol. The highest BCUT2D eigenvalue weighted by Gasteiger charge is 2.38. The van der Waals surface area contributed by atoms with E-state index in [-0.39, 0.29) is 37.9 Å². The Bertz CT molecular complexity index is 576. The molecule has 0 bridgehead atoms. The summed E-state index contributed by atoms with van der Waals surface area (Å²) >= 11 is 0. The Kier molecular flexibility index (Phi) is 8.13. The lowest BCUT2D eigenvalue weighted by molar-refractivity contribution is -0.148. The zero-order valence-corrected chi connectivity index (χ0v) is 15.5. The lowest BCUT2D eigenvalue weighted by Gasteiger charge is -2.25. The molecule has 0 unspecified atom stereocenters. The Balaban J connectivity index is 2.99. The van der Waals surface area contributed by atoms with Gasteiger partial charge in [0.15, 0.2) is 0 Å². The molecule has 0 saturated carbocycles. The van der Waals surface area contributed by atoms with Gasteiger partial charge in [-0.2, -0.15) is 5.26 Å². The van der Waals surface area contributed by atoms with Gasteiger partial charge in [0.05, 0.1) is 32.1 Å². The zero-order chi connectivity index (χ0) is 18.9. The number of esters is 2. The SMILES string of the molecule is CC(C)COC(=O)CC(C#N)(CC(=O)OCC(C)C)c1ccccc1. The molecule has 0 aliphatic heterocycles. The Morgan fingerprint density at radius 3 is 1.76 bits per heavy atom. The van der Waals surface area contributed by atoms with Gasteiger partial charge in [0, 0.05) is 0 Å². The van der Waals surface area contributed by atoms with Crippen molar-refractivity contribution in [3.63, 3.8) is 0 Å². The molecule has 0 aliphatic carbocycles. The molecule has 0 radical (unpaired) electrons. The zero-order valence-electron chi connectivity index (χ0n) is 15.5. The topological polar surface area (TPSA) is 76.4 Å². The average molecular weight is 345 g/mol. The van der Waals surface area contributed by atoms with Crippen molar-refractivity contribution < 1.29 is 19.1 Å². The van der Waals surface area contributed by atoms with Crippen LogP contribution in [0.3, 0.4) is 0 Å². The minimum absolute atomic E-state index is 0.184. The molecular weight excluding hydrogens is 318 g/mol. The van der Waals surface area contributed by atoms with Gasteiger partial charge in [-0.25, -0.2) is 0 Å². The summed E-state index contributed by atoms with van der Waals surface area (Å²) in [5.74, 6) is -0.576. The van der Waals surface area contributed by atoms with Crippen LogP contribution in [0.5, 0.6) is 0 Å². The summed E-state index contributed by atoms with van der Waals surface area (Å²) in [6.07, 6.45) is -0.367. The van der Waals surface area contributed by atoms with E-state index in [9.17, 15) is 14.9 Å². The number of benzene rings is 1. The van der Waals surface area contributed by atoms with E-state index in [0.29, 0.717) is 5.56 Å². The van der Waals surface area contributed by atoms with Gasteiger partial charge in [-0.15, -0.1) is 0 Å². The van der Waals surface area contributed by atoms with Gasteiger partial charge in [0.1, 0.15) is 5.41 Å². The minimum Gasteiger partial charge on any atom is -0.465 e. The molecule has 0 saturated heterocycles. The first kappa shape index (κ1) is 20.7. The highest BCUT2D eigenvalue weighted by atomic mass is 16.5. The third-order valence-electron chi connectivity index (χ3n) is 3.59. The van der Waals surface area contributed by atoms with Crippen molar-refractivity contribution in [2.75, 3.05) is 13.2 Å². The molecule has 0 aliphatic rings. The van der Waals surface area contributed by atoms with Crippen molar-refractivity contribution in [3.05, 3.63) is 35.9 Å². The van der Waals surface area contributed by atoms with Gasteiger partial charge in [0.2, 0.25) is 0 Å². The Morgan fingerprint density at radius 2 is 1.40 bits per heavy atom. The quantitative estimate of drug-likeness (QED) is 0.639. The van der Waals surface area contributed by atoms with E-state index in [4.69, 9.17) is 9.47 Å². The molecule has 0 aromatic heterocycles. The second kappa shape index (κ2) is 9.83. The standard InChI is InChI=1S/C20H27NO4/c1-15(2)12-24-18(22)10-20(14-21,17-8-6-5-7-9-17)11-19(23)25-13-16(3)4/h5-9,15-16H,10-13H2,1-4H3. The number of ether oxygens (including phenoxy) is 2. The van der Waals surface area contributed by atoms with Gasteiger partial charge in [-0.3, -0.25) is 9.59 Å². The average Bonchev–Trinajstić information content (AvgIpc) is 2.58. The number of carbonyl (C=O) groups is 2. The number of hydrogen-bond donors (Lipinski definition) is 0. The normalized spacial score (nSPS) is 11.2. The summed E-state index contributed by atoms with van der Waals surface area (Å²) < 4.78 is 10.4. The van der Waals surface area contributed by atoms with Gasteiger partial charge in [-0.1, -0.05) is 58.0 Å². The first-order valence-electron chi connectivity index (χ1n) is 8.57. The molecule has 1 aromatic rings. The van der Waals surface area contributed by atoms with E-state index in [1.807, 2.05) is 33.8 Å². The maximum atomic E-state index is 12.2. The van der Waals surface area contributed by atoms with Crippen LogP contribution in [-0.4, -0.2) is 25.2 Å². The third-order valence-corrected chi connectivity index (χ3v) is 3.59. The molecule has 136 valence electrons. The summed E-state index contributed by atoms with van der Waals surface area (Å²) in [7, 11) is 0. The van der Waals surface area contributed by atoms with Crippen molar-refractivity contribution in [2.24, 2.45) is 11.8 Å². The summed E-state index contributed by atoms with van der Waals surface area (Å²) in [5.41, 5.74) is -0.677. The lowest BCUT2D eigenvalue weighted by Crippen LogP contribution is -2.33. The molecule has 1 rings (SSSR count). The molecule has 25 heavy (non-hydrogen) atoms. The highest BCUT2D eigenvalue weighted by Crippen LogP contribution is 2.32. The fourth-order valence-electron chi connectivity index (χ4n) is 2.28. The molecule has 1 aromatic carbocycles. The first-order chi connectivity index (χ1) is 11.8. The maximum Gasteiger partial charge on any atom is 0.307 e. The number of carbonyl (C=O) groups excluding carboxylic acids is 2. The van der Waals surface area contributed by atoms with Crippen LogP contribution in [0.25, 0.3) is 0 Å². The van der Waals surface area contributed by atoms with Crippen LogP contribution in [-0.2, 0) is 24.5 Å². The lowest BCUT2D eigenvalue weighted by atomic mass is 9.76. The molecule has 0 spiro atoms. The van der Waals surface area contributed by atoms with Crippen LogP contribution < -0.4 is 0 Å². The molecule has 0 amide bonds. The fraction of sp³-hybridized carbons (Fsp3) is 0.550. The molecule has 0 fully saturated rings. The van der Waals surface area contributed by atoms with Gasteiger partial charge in [0.25, 0.3) is 0 Å². The predicted octanol–water partition coefficient (Wildman–Crippen LogP) is 3.63. The van der Waals surface area contributed by atoms with Crippen LogP contribution in [0.1, 0.15) is 46.1 Å². The molecule has 0 N–H and O–H groups in total. The second-order valence-corrected chi connectivity index (χ2v) is 7.07. The van der Waals surface area contributed by atoms with Crippen molar-refractivity contribution in [3.8, 4) is 6.07 Å². The fourth-order valence-corrected chi connectivity index (χ4v) is 2.28. The molecule has 0 heterocycles. The molecular formula is C20H27NO4. The van der Waals surface area contributed by atoms with Crippen LogP contribution in [0.2, 0.25) is 0 Å². The maximum absolute atomic E-state index is 12.2. The molecule has 5 nitrogen and oxygen atoms in total.